The number of aliphatic hydroxyl groups excluding tert-OH is 1. The summed E-state index contributed by atoms with van der Waals surface area (Å²) in [5.74, 6) is 0.943. The van der Waals surface area contributed by atoms with Gasteiger partial charge in [0.05, 0.1) is 6.10 Å². The van der Waals surface area contributed by atoms with Crippen molar-refractivity contribution in [1.82, 2.24) is 10.2 Å². The minimum Gasteiger partial charge on any atom is -0.485 e. The number of amides is 1. The van der Waals surface area contributed by atoms with Crippen molar-refractivity contribution in [3.63, 3.8) is 0 Å². The van der Waals surface area contributed by atoms with Crippen molar-refractivity contribution in [3.8, 4) is 11.5 Å². The molecule has 0 aliphatic carbocycles. The van der Waals surface area contributed by atoms with Crippen LogP contribution in [0.3, 0.4) is 0 Å². The normalized spacial score (nSPS) is 18.1. The highest BCUT2D eigenvalue weighted by atomic mass is 16.6. The van der Waals surface area contributed by atoms with Gasteiger partial charge in [-0.25, -0.2) is 0 Å². The van der Waals surface area contributed by atoms with Gasteiger partial charge in [-0.2, -0.15) is 0 Å². The smallest absolute Gasteiger partial charge is 0.264 e. The molecule has 1 aliphatic heterocycles. The number of fused-ring (bicyclic) bond motifs is 1. The van der Waals surface area contributed by atoms with Gasteiger partial charge in [-0.15, -0.1) is 0 Å². The molecule has 2 rings (SSSR count). The van der Waals surface area contributed by atoms with E-state index in [9.17, 15) is 9.90 Å². The molecule has 2 atom stereocenters. The van der Waals surface area contributed by atoms with Crippen molar-refractivity contribution in [2.75, 3.05) is 32.8 Å². The largest absolute Gasteiger partial charge is 0.485 e. The zero-order valence-electron chi connectivity index (χ0n) is 13.1. The van der Waals surface area contributed by atoms with Crippen LogP contribution in [0.15, 0.2) is 24.3 Å². The van der Waals surface area contributed by atoms with Gasteiger partial charge >= 0.3 is 0 Å². The molecular weight excluding hydrogens is 284 g/mol. The predicted molar refractivity (Wildman–Crippen MR) is 83.2 cm³/mol. The van der Waals surface area contributed by atoms with E-state index >= 15 is 0 Å². The molecule has 0 aromatic heterocycles. The SMILES string of the molecule is CCN(CC)C[C@H](O)CNC(=O)[C@H]1COc2ccccc2O1. The van der Waals surface area contributed by atoms with Gasteiger partial charge < -0.3 is 24.8 Å². The third kappa shape index (κ3) is 4.35. The first-order chi connectivity index (χ1) is 10.6. The van der Waals surface area contributed by atoms with Crippen molar-refractivity contribution < 1.29 is 19.4 Å². The Labute approximate surface area is 131 Å². The van der Waals surface area contributed by atoms with E-state index in [-0.39, 0.29) is 19.1 Å². The van der Waals surface area contributed by atoms with E-state index in [0.717, 1.165) is 13.1 Å². The van der Waals surface area contributed by atoms with Crippen LogP contribution in [0.5, 0.6) is 11.5 Å². The fourth-order valence-electron chi connectivity index (χ4n) is 2.33. The Hall–Kier alpha value is -1.79. The van der Waals surface area contributed by atoms with E-state index in [4.69, 9.17) is 9.47 Å². The summed E-state index contributed by atoms with van der Waals surface area (Å²) < 4.78 is 11.1. The van der Waals surface area contributed by atoms with Crippen LogP contribution in [0.4, 0.5) is 0 Å². The highest BCUT2D eigenvalue weighted by Gasteiger charge is 2.27. The van der Waals surface area contributed by atoms with Crippen molar-refractivity contribution >= 4 is 5.91 Å². The summed E-state index contributed by atoms with van der Waals surface area (Å²) in [6.07, 6.45) is -1.28. The number of benzene rings is 1. The number of aliphatic hydroxyl groups is 1. The Balaban J connectivity index is 1.79. The summed E-state index contributed by atoms with van der Waals surface area (Å²) >= 11 is 0. The summed E-state index contributed by atoms with van der Waals surface area (Å²) in [5, 5.41) is 12.7. The van der Waals surface area contributed by atoms with Gasteiger partial charge in [0.25, 0.3) is 5.91 Å². The molecule has 22 heavy (non-hydrogen) atoms. The summed E-state index contributed by atoms with van der Waals surface area (Å²) in [6, 6.07) is 7.25. The van der Waals surface area contributed by atoms with Gasteiger partial charge in [0.1, 0.15) is 6.61 Å². The number of rotatable bonds is 7. The molecule has 1 aromatic carbocycles. The fraction of sp³-hybridized carbons (Fsp3) is 0.562. The molecule has 1 amide bonds. The van der Waals surface area contributed by atoms with E-state index in [1.807, 2.05) is 26.0 Å². The number of hydrogen-bond acceptors (Lipinski definition) is 5. The Morgan fingerprint density at radius 1 is 1.36 bits per heavy atom. The lowest BCUT2D eigenvalue weighted by molar-refractivity contribution is -0.130. The first-order valence-electron chi connectivity index (χ1n) is 7.70. The lowest BCUT2D eigenvalue weighted by atomic mass is 10.2. The average molecular weight is 308 g/mol. The molecule has 1 aliphatic rings. The van der Waals surface area contributed by atoms with Crippen LogP contribution in [0, 0.1) is 0 Å². The topological polar surface area (TPSA) is 71.0 Å². The predicted octanol–water partition coefficient (Wildman–Crippen LogP) is 0.645. The standard InChI is InChI=1S/C16H24N2O4/c1-3-18(4-2)10-12(19)9-17-16(20)15-11-21-13-7-5-6-8-14(13)22-15/h5-8,12,15,19H,3-4,9-11H2,1-2H3,(H,17,20)/t12-,15-/m1/s1. The van der Waals surface area contributed by atoms with Gasteiger partial charge in [0, 0.05) is 13.1 Å². The van der Waals surface area contributed by atoms with Crippen LogP contribution < -0.4 is 14.8 Å². The third-order valence-corrected chi connectivity index (χ3v) is 3.68. The van der Waals surface area contributed by atoms with Crippen molar-refractivity contribution in [2.24, 2.45) is 0 Å². The molecule has 122 valence electrons. The molecule has 0 fully saturated rings. The van der Waals surface area contributed by atoms with Gasteiger partial charge in [0.15, 0.2) is 11.5 Å². The molecule has 0 saturated heterocycles. The number of para-hydroxylation sites is 2. The van der Waals surface area contributed by atoms with Gasteiger partial charge in [0.2, 0.25) is 6.10 Å². The van der Waals surface area contributed by atoms with Gasteiger partial charge in [-0.05, 0) is 25.2 Å². The number of carbonyl (C=O) groups is 1. The maximum absolute atomic E-state index is 12.1. The fourth-order valence-corrected chi connectivity index (χ4v) is 2.33. The highest BCUT2D eigenvalue weighted by Crippen LogP contribution is 2.30. The first-order valence-corrected chi connectivity index (χ1v) is 7.70. The second kappa shape index (κ2) is 8.00. The van der Waals surface area contributed by atoms with Crippen LogP contribution in [0.25, 0.3) is 0 Å². The summed E-state index contributed by atoms with van der Waals surface area (Å²) in [6.45, 7) is 6.75. The van der Waals surface area contributed by atoms with Crippen molar-refractivity contribution in [3.05, 3.63) is 24.3 Å². The van der Waals surface area contributed by atoms with Crippen LogP contribution >= 0.6 is 0 Å². The highest BCUT2D eigenvalue weighted by molar-refractivity contribution is 5.81. The van der Waals surface area contributed by atoms with Crippen molar-refractivity contribution in [1.29, 1.82) is 0 Å². The molecule has 6 nitrogen and oxygen atoms in total. The molecule has 6 heteroatoms. The van der Waals surface area contributed by atoms with E-state index in [1.54, 1.807) is 12.1 Å². The lowest BCUT2D eigenvalue weighted by Gasteiger charge is -2.26. The lowest BCUT2D eigenvalue weighted by Crippen LogP contribution is -2.47. The molecular formula is C16H24N2O4. The number of hydrogen-bond donors (Lipinski definition) is 2. The second-order valence-corrected chi connectivity index (χ2v) is 5.25. The van der Waals surface area contributed by atoms with E-state index in [1.165, 1.54) is 0 Å². The molecule has 1 aromatic rings. The second-order valence-electron chi connectivity index (χ2n) is 5.25. The van der Waals surface area contributed by atoms with Crippen molar-refractivity contribution in [2.45, 2.75) is 26.1 Å². The quantitative estimate of drug-likeness (QED) is 0.774. The van der Waals surface area contributed by atoms with E-state index in [2.05, 4.69) is 10.2 Å². The summed E-state index contributed by atoms with van der Waals surface area (Å²) in [4.78, 5) is 14.2. The molecule has 1 heterocycles. The summed E-state index contributed by atoms with van der Waals surface area (Å²) in [7, 11) is 0. The Kier molecular flexibility index (Phi) is 6.03. The minimum atomic E-state index is -0.685. The van der Waals surface area contributed by atoms with Gasteiger partial charge in [-0.3, -0.25) is 4.79 Å². The van der Waals surface area contributed by atoms with Gasteiger partial charge in [-0.1, -0.05) is 26.0 Å². The summed E-state index contributed by atoms with van der Waals surface area (Å²) in [5.41, 5.74) is 0. The number of nitrogens with zero attached hydrogens (tertiary/aromatic N) is 1. The molecule has 0 radical (unpaired) electrons. The molecule has 0 unspecified atom stereocenters. The number of ether oxygens (including phenoxy) is 2. The zero-order chi connectivity index (χ0) is 15.9. The zero-order valence-corrected chi connectivity index (χ0v) is 13.1. The van der Waals surface area contributed by atoms with Crippen LogP contribution in [0.2, 0.25) is 0 Å². The van der Waals surface area contributed by atoms with Crippen LogP contribution in [0.1, 0.15) is 13.8 Å². The van der Waals surface area contributed by atoms with Crippen LogP contribution in [-0.2, 0) is 4.79 Å². The monoisotopic (exact) mass is 308 g/mol. The van der Waals surface area contributed by atoms with E-state index in [0.29, 0.717) is 18.0 Å². The number of likely N-dealkylation sites (N-methyl/N-ethyl adjacent to an activating group) is 1. The average Bonchev–Trinajstić information content (AvgIpc) is 2.57. The molecule has 0 bridgehead atoms. The maximum Gasteiger partial charge on any atom is 0.264 e. The number of nitrogens with one attached hydrogen (secondary N) is 1. The molecule has 0 spiro atoms. The van der Waals surface area contributed by atoms with E-state index < -0.39 is 12.2 Å². The Morgan fingerprint density at radius 2 is 2.05 bits per heavy atom. The third-order valence-electron chi connectivity index (χ3n) is 3.68. The Bertz CT molecular complexity index is 491. The minimum absolute atomic E-state index is 0.176. The number of carbonyl (C=O) groups excluding carboxylic acids is 1. The maximum atomic E-state index is 12.1. The molecule has 0 saturated carbocycles. The Morgan fingerprint density at radius 3 is 2.73 bits per heavy atom. The molecule has 2 N–H and O–H groups in total. The first kappa shape index (κ1) is 16.6. The van der Waals surface area contributed by atoms with Crippen LogP contribution in [-0.4, -0.2) is 60.9 Å².